The lowest BCUT2D eigenvalue weighted by molar-refractivity contribution is 0.628. The molecule has 3 aromatic rings. The van der Waals surface area contributed by atoms with Crippen molar-refractivity contribution in [2.45, 2.75) is 6.42 Å². The number of rotatable bonds is 6. The first-order chi connectivity index (χ1) is 12.1. The standard InChI is InChI=1S/C18H15Cl2FN4/c19-13-3-1-12(2-4-13)7-9-22-18-23-10-8-17(25-18)24-14-5-6-16(21)15(20)11-14/h1-6,8,10-11H,7,9H2,(H2,22,23,24,25). The zero-order valence-electron chi connectivity index (χ0n) is 13.1. The Labute approximate surface area is 155 Å². The van der Waals surface area contributed by atoms with Crippen LogP contribution in [0, 0.1) is 5.82 Å². The van der Waals surface area contributed by atoms with Gasteiger partial charge in [0.15, 0.2) is 0 Å². The van der Waals surface area contributed by atoms with Crippen molar-refractivity contribution in [3.8, 4) is 0 Å². The van der Waals surface area contributed by atoms with Crippen LogP contribution in [-0.4, -0.2) is 16.5 Å². The van der Waals surface area contributed by atoms with Gasteiger partial charge in [0, 0.05) is 23.5 Å². The minimum Gasteiger partial charge on any atom is -0.354 e. The number of hydrogen-bond donors (Lipinski definition) is 2. The summed E-state index contributed by atoms with van der Waals surface area (Å²) in [5, 5.41) is 7.02. The summed E-state index contributed by atoms with van der Waals surface area (Å²) in [6.45, 7) is 0.688. The Kier molecular flexibility index (Phi) is 5.68. The molecule has 2 aromatic carbocycles. The van der Waals surface area contributed by atoms with Gasteiger partial charge in [0.25, 0.3) is 0 Å². The van der Waals surface area contributed by atoms with E-state index in [0.717, 1.165) is 11.4 Å². The quantitative estimate of drug-likeness (QED) is 0.610. The van der Waals surface area contributed by atoms with Crippen LogP contribution in [0.15, 0.2) is 54.7 Å². The first kappa shape index (κ1) is 17.5. The maximum Gasteiger partial charge on any atom is 0.224 e. The van der Waals surface area contributed by atoms with Crippen LogP contribution in [0.5, 0.6) is 0 Å². The van der Waals surface area contributed by atoms with E-state index >= 15 is 0 Å². The molecule has 1 heterocycles. The third-order valence-corrected chi connectivity index (χ3v) is 4.00. The average Bonchev–Trinajstić information content (AvgIpc) is 2.60. The van der Waals surface area contributed by atoms with E-state index in [1.807, 2.05) is 24.3 Å². The van der Waals surface area contributed by atoms with Crippen molar-refractivity contribution in [3.05, 3.63) is 76.2 Å². The molecule has 0 fully saturated rings. The molecule has 0 saturated heterocycles. The summed E-state index contributed by atoms with van der Waals surface area (Å²) in [6, 6.07) is 13.8. The Hall–Kier alpha value is -2.37. The smallest absolute Gasteiger partial charge is 0.224 e. The number of aromatic nitrogens is 2. The second-order valence-electron chi connectivity index (χ2n) is 5.32. The number of benzene rings is 2. The Balaban J connectivity index is 1.59. The van der Waals surface area contributed by atoms with Crippen LogP contribution in [0.1, 0.15) is 5.56 Å². The van der Waals surface area contributed by atoms with E-state index in [1.165, 1.54) is 17.7 Å². The zero-order chi connectivity index (χ0) is 17.6. The Morgan fingerprint density at radius 1 is 1.00 bits per heavy atom. The molecule has 0 aliphatic heterocycles. The molecule has 3 rings (SSSR count). The molecule has 0 atom stereocenters. The molecule has 128 valence electrons. The van der Waals surface area contributed by atoms with Gasteiger partial charge in [-0.15, -0.1) is 0 Å². The minimum absolute atomic E-state index is 0.0559. The maximum atomic E-state index is 13.2. The lowest BCUT2D eigenvalue weighted by Gasteiger charge is -2.09. The number of halogens is 3. The van der Waals surface area contributed by atoms with Crippen LogP contribution < -0.4 is 10.6 Å². The van der Waals surface area contributed by atoms with Crippen molar-refractivity contribution in [2.75, 3.05) is 17.2 Å². The molecule has 0 bridgehead atoms. The van der Waals surface area contributed by atoms with Gasteiger partial charge in [-0.25, -0.2) is 9.37 Å². The summed E-state index contributed by atoms with van der Waals surface area (Å²) in [4.78, 5) is 8.56. The third-order valence-electron chi connectivity index (χ3n) is 3.46. The second-order valence-corrected chi connectivity index (χ2v) is 6.17. The van der Waals surface area contributed by atoms with E-state index in [-0.39, 0.29) is 5.02 Å². The molecule has 0 radical (unpaired) electrons. The lowest BCUT2D eigenvalue weighted by Crippen LogP contribution is -2.08. The molecular weight excluding hydrogens is 362 g/mol. The van der Waals surface area contributed by atoms with Crippen LogP contribution in [-0.2, 0) is 6.42 Å². The lowest BCUT2D eigenvalue weighted by atomic mass is 10.1. The van der Waals surface area contributed by atoms with Gasteiger partial charge in [-0.3, -0.25) is 0 Å². The van der Waals surface area contributed by atoms with E-state index in [0.29, 0.717) is 24.0 Å². The SMILES string of the molecule is Fc1ccc(Nc2ccnc(NCCc3ccc(Cl)cc3)n2)cc1Cl. The van der Waals surface area contributed by atoms with E-state index in [4.69, 9.17) is 23.2 Å². The summed E-state index contributed by atoms with van der Waals surface area (Å²) in [6.07, 6.45) is 2.47. The normalized spacial score (nSPS) is 10.5. The van der Waals surface area contributed by atoms with Crippen LogP contribution in [0.4, 0.5) is 21.8 Å². The number of nitrogens with zero attached hydrogens (tertiary/aromatic N) is 2. The van der Waals surface area contributed by atoms with Crippen molar-refractivity contribution in [1.29, 1.82) is 0 Å². The number of hydrogen-bond acceptors (Lipinski definition) is 4. The third kappa shape index (κ3) is 5.05. The molecule has 4 nitrogen and oxygen atoms in total. The van der Waals surface area contributed by atoms with Gasteiger partial charge in [0.05, 0.1) is 5.02 Å². The van der Waals surface area contributed by atoms with Gasteiger partial charge < -0.3 is 10.6 Å². The van der Waals surface area contributed by atoms with Crippen molar-refractivity contribution >= 4 is 40.7 Å². The first-order valence-corrected chi connectivity index (χ1v) is 8.39. The van der Waals surface area contributed by atoms with Gasteiger partial charge in [-0.05, 0) is 48.4 Å². The van der Waals surface area contributed by atoms with Gasteiger partial charge in [0.1, 0.15) is 11.6 Å². The van der Waals surface area contributed by atoms with Crippen molar-refractivity contribution < 1.29 is 4.39 Å². The zero-order valence-corrected chi connectivity index (χ0v) is 14.7. The summed E-state index contributed by atoms with van der Waals surface area (Å²) in [7, 11) is 0. The predicted molar refractivity (Wildman–Crippen MR) is 100 cm³/mol. The second kappa shape index (κ2) is 8.14. The number of nitrogens with one attached hydrogen (secondary N) is 2. The highest BCUT2D eigenvalue weighted by Gasteiger charge is 2.03. The Bertz CT molecular complexity index is 856. The fourth-order valence-corrected chi connectivity index (χ4v) is 2.51. The molecule has 1 aromatic heterocycles. The summed E-state index contributed by atoms with van der Waals surface area (Å²) < 4.78 is 13.2. The molecule has 7 heteroatoms. The van der Waals surface area contributed by atoms with Crippen LogP contribution >= 0.6 is 23.2 Å². The highest BCUT2D eigenvalue weighted by atomic mass is 35.5. The molecule has 25 heavy (non-hydrogen) atoms. The monoisotopic (exact) mass is 376 g/mol. The van der Waals surface area contributed by atoms with Crippen LogP contribution in [0.25, 0.3) is 0 Å². The number of anilines is 3. The highest BCUT2D eigenvalue weighted by Crippen LogP contribution is 2.22. The Morgan fingerprint density at radius 2 is 1.80 bits per heavy atom. The van der Waals surface area contributed by atoms with E-state index in [2.05, 4.69) is 20.6 Å². The summed E-state index contributed by atoms with van der Waals surface area (Å²) >= 11 is 11.7. The molecule has 0 spiro atoms. The van der Waals surface area contributed by atoms with E-state index in [9.17, 15) is 4.39 Å². The van der Waals surface area contributed by atoms with Crippen molar-refractivity contribution in [1.82, 2.24) is 9.97 Å². The molecule has 0 amide bonds. The summed E-state index contributed by atoms with van der Waals surface area (Å²) in [5.41, 5.74) is 1.82. The predicted octanol–water partition coefficient (Wildman–Crippen LogP) is 5.32. The topological polar surface area (TPSA) is 49.8 Å². The fraction of sp³-hybridized carbons (Fsp3) is 0.111. The van der Waals surface area contributed by atoms with Gasteiger partial charge in [0.2, 0.25) is 5.95 Å². The van der Waals surface area contributed by atoms with Crippen molar-refractivity contribution in [2.24, 2.45) is 0 Å². The van der Waals surface area contributed by atoms with Gasteiger partial charge in [-0.2, -0.15) is 4.98 Å². The van der Waals surface area contributed by atoms with Gasteiger partial charge >= 0.3 is 0 Å². The fourth-order valence-electron chi connectivity index (χ4n) is 2.20. The summed E-state index contributed by atoms with van der Waals surface area (Å²) in [5.74, 6) is 0.637. The molecule has 0 saturated carbocycles. The van der Waals surface area contributed by atoms with E-state index < -0.39 is 5.82 Å². The maximum absolute atomic E-state index is 13.2. The highest BCUT2D eigenvalue weighted by molar-refractivity contribution is 6.31. The van der Waals surface area contributed by atoms with Crippen molar-refractivity contribution in [3.63, 3.8) is 0 Å². The van der Waals surface area contributed by atoms with E-state index in [1.54, 1.807) is 18.3 Å². The largest absolute Gasteiger partial charge is 0.354 e. The average molecular weight is 377 g/mol. The minimum atomic E-state index is -0.459. The van der Waals surface area contributed by atoms with Gasteiger partial charge in [-0.1, -0.05) is 35.3 Å². The Morgan fingerprint density at radius 3 is 2.56 bits per heavy atom. The molecule has 2 N–H and O–H groups in total. The first-order valence-electron chi connectivity index (χ1n) is 7.63. The molecular formula is C18H15Cl2FN4. The molecule has 0 unspecified atom stereocenters. The van der Waals surface area contributed by atoms with Crippen LogP contribution in [0.2, 0.25) is 10.0 Å². The molecule has 0 aliphatic rings. The van der Waals surface area contributed by atoms with Crippen LogP contribution in [0.3, 0.4) is 0 Å². The molecule has 0 aliphatic carbocycles.